The molecule has 3 N–H and O–H groups in total. The minimum atomic E-state index is -5.05. The molecule has 16 heteroatoms. The number of carbonyl (C=O) groups is 4. The molecule has 1 aromatic heterocycles. The number of Topliss-reactive ketones (excluding diaryl/α,β-unsaturated/α-hetero) is 1. The molecule has 0 saturated heterocycles. The second-order valence-electron chi connectivity index (χ2n) is 11.0. The SMILES string of the molecule is CCOC(=O)C(CCS(=O)(=O)c1cccc(Nc2cc(S(=O)(=O)O)c3[nH]c(=O)c(C(C)=O)c4c3c2C(=O)c2ccccc2-4)c1)C(=O)OCC. The number of benzene rings is 3. The molecule has 1 aliphatic carbocycles. The van der Waals surface area contributed by atoms with Gasteiger partial charge in [-0.25, -0.2) is 8.42 Å². The minimum Gasteiger partial charge on any atom is -0.465 e. The van der Waals surface area contributed by atoms with E-state index in [9.17, 15) is 45.4 Å². The van der Waals surface area contributed by atoms with E-state index in [4.69, 9.17) is 9.47 Å². The molecule has 0 aliphatic heterocycles. The van der Waals surface area contributed by atoms with Crippen molar-refractivity contribution in [2.75, 3.05) is 24.3 Å². The third-order valence-electron chi connectivity index (χ3n) is 7.84. The standard InChI is InChI=1S/C33H30N2O12S2/c1-4-46-32(39)22(33(40)47-5-2)13-14-48(41,42)19-10-8-9-18(15-19)34-23-16-24(49(43,44)45)29-28-26(25(17(3)36)31(38)35-29)20-11-6-7-12-21(20)30(37)27(23)28/h6-12,15-16,22,34H,4-5,13-14H2,1-3H3,(H,35,38)(H,43,44,45). The van der Waals surface area contributed by atoms with Gasteiger partial charge in [-0.05, 0) is 57.0 Å². The van der Waals surface area contributed by atoms with Gasteiger partial charge in [-0.1, -0.05) is 30.3 Å². The topological polar surface area (TPSA) is 220 Å². The summed E-state index contributed by atoms with van der Waals surface area (Å²) >= 11 is 0. The zero-order chi connectivity index (χ0) is 35.8. The number of esters is 2. The quantitative estimate of drug-likeness (QED) is 0.0726. The molecule has 3 aromatic carbocycles. The Labute approximate surface area is 280 Å². The maximum Gasteiger partial charge on any atom is 0.320 e. The van der Waals surface area contributed by atoms with Crippen molar-refractivity contribution in [2.24, 2.45) is 5.92 Å². The van der Waals surface area contributed by atoms with E-state index < -0.39 is 77.5 Å². The Balaban J connectivity index is 1.64. The van der Waals surface area contributed by atoms with Crippen molar-refractivity contribution >= 4 is 65.7 Å². The van der Waals surface area contributed by atoms with E-state index in [1.54, 1.807) is 12.1 Å². The number of sulfone groups is 1. The second kappa shape index (κ2) is 13.4. The minimum absolute atomic E-state index is 0.000850. The van der Waals surface area contributed by atoms with Crippen molar-refractivity contribution in [2.45, 2.75) is 37.0 Å². The lowest BCUT2D eigenvalue weighted by Crippen LogP contribution is -2.30. The summed E-state index contributed by atoms with van der Waals surface area (Å²) in [6.07, 6.45) is -0.433. The summed E-state index contributed by atoms with van der Waals surface area (Å²) in [4.78, 5) is 66.0. The van der Waals surface area contributed by atoms with Crippen molar-refractivity contribution in [3.63, 3.8) is 0 Å². The molecule has 256 valence electrons. The number of aromatic amines is 1. The van der Waals surface area contributed by atoms with Crippen molar-refractivity contribution < 1.29 is 50.0 Å². The Kier molecular flexibility index (Phi) is 9.59. The van der Waals surface area contributed by atoms with Crippen molar-refractivity contribution in [3.05, 3.63) is 81.6 Å². The predicted molar refractivity (Wildman–Crippen MR) is 176 cm³/mol. The molecule has 1 heterocycles. The molecule has 1 aliphatic rings. The molecule has 0 spiro atoms. The average Bonchev–Trinajstić information content (AvgIpc) is 3.03. The van der Waals surface area contributed by atoms with Gasteiger partial charge < -0.3 is 19.8 Å². The van der Waals surface area contributed by atoms with Crippen molar-refractivity contribution in [1.82, 2.24) is 4.98 Å². The number of ketones is 2. The third kappa shape index (κ3) is 6.62. The first kappa shape index (κ1) is 35.1. The van der Waals surface area contributed by atoms with E-state index >= 15 is 0 Å². The van der Waals surface area contributed by atoms with Crippen LogP contribution in [-0.4, -0.2) is 68.8 Å². The van der Waals surface area contributed by atoms with Gasteiger partial charge in [-0.2, -0.15) is 8.42 Å². The first-order valence-electron chi connectivity index (χ1n) is 14.9. The lowest BCUT2D eigenvalue weighted by molar-refractivity contribution is -0.161. The lowest BCUT2D eigenvalue weighted by Gasteiger charge is -2.25. The van der Waals surface area contributed by atoms with Gasteiger partial charge in [0.15, 0.2) is 27.3 Å². The molecule has 5 rings (SSSR count). The van der Waals surface area contributed by atoms with Gasteiger partial charge in [0.05, 0.1) is 46.2 Å². The fourth-order valence-electron chi connectivity index (χ4n) is 5.76. The summed E-state index contributed by atoms with van der Waals surface area (Å²) in [6, 6.07) is 12.3. The van der Waals surface area contributed by atoms with Gasteiger partial charge >= 0.3 is 11.9 Å². The van der Waals surface area contributed by atoms with Gasteiger partial charge in [0.1, 0.15) is 4.90 Å². The summed E-state index contributed by atoms with van der Waals surface area (Å²) in [5.74, 6) is -5.24. The van der Waals surface area contributed by atoms with Crippen LogP contribution in [0.3, 0.4) is 0 Å². The Morgan fingerprint density at radius 2 is 1.51 bits per heavy atom. The third-order valence-corrected chi connectivity index (χ3v) is 10.5. The Morgan fingerprint density at radius 3 is 2.10 bits per heavy atom. The van der Waals surface area contributed by atoms with E-state index in [0.29, 0.717) is 0 Å². The maximum atomic E-state index is 14.0. The van der Waals surface area contributed by atoms with Crippen LogP contribution in [0.25, 0.3) is 22.0 Å². The lowest BCUT2D eigenvalue weighted by atomic mass is 9.80. The van der Waals surface area contributed by atoms with Gasteiger partial charge in [-0.3, -0.25) is 28.5 Å². The van der Waals surface area contributed by atoms with Gasteiger partial charge in [0.25, 0.3) is 15.7 Å². The Bertz CT molecular complexity index is 2330. The number of ether oxygens (including phenoxy) is 2. The number of hydrogen-bond acceptors (Lipinski definition) is 12. The number of aromatic nitrogens is 1. The molecule has 4 aromatic rings. The number of nitrogens with one attached hydrogen (secondary N) is 2. The van der Waals surface area contributed by atoms with Crippen LogP contribution in [0.4, 0.5) is 11.4 Å². The zero-order valence-electron chi connectivity index (χ0n) is 26.4. The van der Waals surface area contributed by atoms with E-state index in [2.05, 4.69) is 10.3 Å². The molecule has 0 fully saturated rings. The monoisotopic (exact) mass is 710 g/mol. The van der Waals surface area contributed by atoms with Crippen LogP contribution in [0.2, 0.25) is 0 Å². The maximum absolute atomic E-state index is 14.0. The summed E-state index contributed by atoms with van der Waals surface area (Å²) in [7, 11) is -9.20. The van der Waals surface area contributed by atoms with Crippen LogP contribution in [0.15, 0.2) is 69.2 Å². The molecule has 0 atom stereocenters. The van der Waals surface area contributed by atoms with Crippen molar-refractivity contribution in [3.8, 4) is 11.1 Å². The molecule has 0 saturated carbocycles. The first-order chi connectivity index (χ1) is 23.1. The molecular formula is C33H30N2O12S2. The molecular weight excluding hydrogens is 680 g/mol. The normalized spacial score (nSPS) is 12.5. The number of fused-ring (bicyclic) bond motifs is 2. The van der Waals surface area contributed by atoms with Crippen LogP contribution in [0.1, 0.15) is 53.5 Å². The number of hydrogen-bond donors (Lipinski definition) is 3. The number of pyridine rings is 1. The molecule has 0 radical (unpaired) electrons. The summed E-state index contributed by atoms with van der Waals surface area (Å²) in [5.41, 5.74) is -1.60. The highest BCUT2D eigenvalue weighted by Gasteiger charge is 2.35. The molecule has 49 heavy (non-hydrogen) atoms. The van der Waals surface area contributed by atoms with E-state index in [0.717, 1.165) is 13.0 Å². The van der Waals surface area contributed by atoms with Crippen LogP contribution < -0.4 is 10.9 Å². The number of H-pyrrole nitrogens is 1. The average molecular weight is 711 g/mol. The molecule has 0 bridgehead atoms. The van der Waals surface area contributed by atoms with Crippen molar-refractivity contribution in [1.29, 1.82) is 0 Å². The van der Waals surface area contributed by atoms with Crippen LogP contribution in [0.5, 0.6) is 0 Å². The van der Waals surface area contributed by atoms with Gasteiger partial charge in [-0.15, -0.1) is 0 Å². The Morgan fingerprint density at radius 1 is 0.878 bits per heavy atom. The highest BCUT2D eigenvalue weighted by Crippen LogP contribution is 2.45. The summed E-state index contributed by atoms with van der Waals surface area (Å²) in [6.45, 7) is 4.14. The summed E-state index contributed by atoms with van der Waals surface area (Å²) in [5, 5.41) is 2.76. The Hall–Kier alpha value is -5.19. The van der Waals surface area contributed by atoms with Gasteiger partial charge in [0.2, 0.25) is 0 Å². The smallest absolute Gasteiger partial charge is 0.320 e. The highest BCUT2D eigenvalue weighted by atomic mass is 32.2. The molecule has 14 nitrogen and oxygen atoms in total. The largest absolute Gasteiger partial charge is 0.465 e. The highest BCUT2D eigenvalue weighted by molar-refractivity contribution is 7.91. The van der Waals surface area contributed by atoms with E-state index in [-0.39, 0.29) is 62.7 Å². The van der Waals surface area contributed by atoms with E-state index in [1.165, 1.54) is 50.2 Å². The van der Waals surface area contributed by atoms with E-state index in [1.807, 2.05) is 0 Å². The second-order valence-corrected chi connectivity index (χ2v) is 14.5. The number of carbonyl (C=O) groups excluding carboxylic acids is 4. The zero-order valence-corrected chi connectivity index (χ0v) is 28.0. The molecule has 0 amide bonds. The fourth-order valence-corrected chi connectivity index (χ4v) is 7.81. The fraction of sp³-hybridized carbons (Fsp3) is 0.242. The van der Waals surface area contributed by atoms with Crippen LogP contribution in [-0.2, 0) is 39.0 Å². The number of rotatable bonds is 12. The van der Waals surface area contributed by atoms with Crippen LogP contribution in [0, 0.1) is 5.92 Å². The first-order valence-corrected chi connectivity index (χ1v) is 18.0. The summed E-state index contributed by atoms with van der Waals surface area (Å²) < 4.78 is 72.1. The van der Waals surface area contributed by atoms with Crippen LogP contribution >= 0.6 is 0 Å². The van der Waals surface area contributed by atoms with Gasteiger partial charge in [0, 0.05) is 22.2 Å². The molecule has 0 unspecified atom stereocenters. The predicted octanol–water partition coefficient (Wildman–Crippen LogP) is 3.84. The number of anilines is 2.